The van der Waals surface area contributed by atoms with E-state index in [0.29, 0.717) is 12.1 Å². The SMILES string of the molecule is CC[C@H]1CN(CC(C)(C)O)[C@@H](CC)CN1. The summed E-state index contributed by atoms with van der Waals surface area (Å²) < 4.78 is 0. The van der Waals surface area contributed by atoms with Crippen molar-refractivity contribution >= 4 is 0 Å². The van der Waals surface area contributed by atoms with Gasteiger partial charge >= 0.3 is 0 Å². The summed E-state index contributed by atoms with van der Waals surface area (Å²) in [5, 5.41) is 13.4. The third kappa shape index (κ3) is 4.09. The third-order valence-electron chi connectivity index (χ3n) is 3.17. The minimum Gasteiger partial charge on any atom is -0.389 e. The fraction of sp³-hybridized carbons (Fsp3) is 1.00. The minimum atomic E-state index is -0.580. The summed E-state index contributed by atoms with van der Waals surface area (Å²) in [4.78, 5) is 2.44. The van der Waals surface area contributed by atoms with E-state index in [1.54, 1.807) is 0 Å². The molecule has 0 aromatic heterocycles. The van der Waals surface area contributed by atoms with E-state index in [0.717, 1.165) is 26.1 Å². The van der Waals surface area contributed by atoms with Gasteiger partial charge in [0.2, 0.25) is 0 Å². The van der Waals surface area contributed by atoms with Crippen LogP contribution in [0.4, 0.5) is 0 Å². The van der Waals surface area contributed by atoms with E-state index in [2.05, 4.69) is 24.1 Å². The van der Waals surface area contributed by atoms with Crippen molar-refractivity contribution in [2.45, 2.75) is 58.2 Å². The van der Waals surface area contributed by atoms with E-state index in [-0.39, 0.29) is 0 Å². The molecule has 1 rings (SSSR count). The Morgan fingerprint density at radius 2 is 2.00 bits per heavy atom. The Labute approximate surface area is 93.9 Å². The predicted molar refractivity (Wildman–Crippen MR) is 64.0 cm³/mol. The molecular weight excluding hydrogens is 188 g/mol. The van der Waals surface area contributed by atoms with Crippen molar-refractivity contribution in [3.63, 3.8) is 0 Å². The second-order valence-electron chi connectivity index (χ2n) is 5.32. The highest BCUT2D eigenvalue weighted by molar-refractivity contribution is 4.87. The zero-order valence-electron chi connectivity index (χ0n) is 10.6. The molecule has 0 saturated carbocycles. The minimum absolute atomic E-state index is 0.580. The van der Waals surface area contributed by atoms with E-state index >= 15 is 0 Å². The molecule has 0 radical (unpaired) electrons. The number of hydrogen-bond acceptors (Lipinski definition) is 3. The topological polar surface area (TPSA) is 35.5 Å². The van der Waals surface area contributed by atoms with Crippen LogP contribution in [0.5, 0.6) is 0 Å². The van der Waals surface area contributed by atoms with E-state index in [9.17, 15) is 5.11 Å². The lowest BCUT2D eigenvalue weighted by molar-refractivity contribution is 0.00507. The van der Waals surface area contributed by atoms with Crippen molar-refractivity contribution in [2.24, 2.45) is 0 Å². The Bertz CT molecular complexity index is 189. The first-order valence-corrected chi connectivity index (χ1v) is 6.16. The van der Waals surface area contributed by atoms with Gasteiger partial charge in [0, 0.05) is 31.7 Å². The zero-order chi connectivity index (χ0) is 11.5. The van der Waals surface area contributed by atoms with E-state index in [1.807, 2.05) is 13.8 Å². The van der Waals surface area contributed by atoms with Gasteiger partial charge in [-0.25, -0.2) is 0 Å². The third-order valence-corrected chi connectivity index (χ3v) is 3.17. The molecule has 1 fully saturated rings. The van der Waals surface area contributed by atoms with Crippen LogP contribution in [-0.4, -0.2) is 47.3 Å². The maximum absolute atomic E-state index is 9.88. The molecule has 3 nitrogen and oxygen atoms in total. The molecule has 90 valence electrons. The molecule has 15 heavy (non-hydrogen) atoms. The van der Waals surface area contributed by atoms with Gasteiger partial charge in [-0.05, 0) is 26.7 Å². The van der Waals surface area contributed by atoms with Gasteiger partial charge in [0.1, 0.15) is 0 Å². The highest BCUT2D eigenvalue weighted by Crippen LogP contribution is 2.15. The van der Waals surface area contributed by atoms with Crippen molar-refractivity contribution in [3.8, 4) is 0 Å². The molecule has 0 spiro atoms. The van der Waals surface area contributed by atoms with Gasteiger partial charge in [0.25, 0.3) is 0 Å². The lowest BCUT2D eigenvalue weighted by Crippen LogP contribution is -2.58. The highest BCUT2D eigenvalue weighted by atomic mass is 16.3. The van der Waals surface area contributed by atoms with Gasteiger partial charge in [-0.2, -0.15) is 0 Å². The molecule has 0 amide bonds. The zero-order valence-corrected chi connectivity index (χ0v) is 10.6. The quantitative estimate of drug-likeness (QED) is 0.738. The Kier molecular flexibility index (Phi) is 4.56. The molecule has 0 aliphatic carbocycles. The number of piperazine rings is 1. The van der Waals surface area contributed by atoms with Gasteiger partial charge in [-0.3, -0.25) is 4.90 Å². The summed E-state index contributed by atoms with van der Waals surface area (Å²) in [5.74, 6) is 0. The molecule has 1 saturated heterocycles. The van der Waals surface area contributed by atoms with Crippen molar-refractivity contribution < 1.29 is 5.11 Å². The van der Waals surface area contributed by atoms with Crippen LogP contribution in [0.3, 0.4) is 0 Å². The molecule has 1 heterocycles. The molecule has 0 aromatic carbocycles. The smallest absolute Gasteiger partial charge is 0.0718 e. The number of aliphatic hydroxyl groups is 1. The summed E-state index contributed by atoms with van der Waals surface area (Å²) in [7, 11) is 0. The second-order valence-corrected chi connectivity index (χ2v) is 5.32. The summed E-state index contributed by atoms with van der Waals surface area (Å²) in [6.07, 6.45) is 2.32. The fourth-order valence-corrected chi connectivity index (χ4v) is 2.30. The van der Waals surface area contributed by atoms with Crippen LogP contribution >= 0.6 is 0 Å². The average molecular weight is 214 g/mol. The van der Waals surface area contributed by atoms with Crippen molar-refractivity contribution in [2.75, 3.05) is 19.6 Å². The molecule has 2 N–H and O–H groups in total. The van der Waals surface area contributed by atoms with Crippen LogP contribution in [0, 0.1) is 0 Å². The molecule has 0 bridgehead atoms. The molecule has 2 atom stereocenters. The van der Waals surface area contributed by atoms with E-state index in [1.165, 1.54) is 6.42 Å². The number of β-amino-alcohol motifs (C(OH)–C–C–N with tert-alkyl or cyclic N) is 1. The second kappa shape index (κ2) is 5.28. The number of hydrogen-bond donors (Lipinski definition) is 2. The van der Waals surface area contributed by atoms with Crippen LogP contribution in [0.2, 0.25) is 0 Å². The summed E-state index contributed by atoms with van der Waals surface area (Å²) >= 11 is 0. The molecule has 1 aliphatic heterocycles. The first kappa shape index (κ1) is 12.9. The molecule has 0 aromatic rings. The van der Waals surface area contributed by atoms with Crippen molar-refractivity contribution in [1.29, 1.82) is 0 Å². The lowest BCUT2D eigenvalue weighted by Gasteiger charge is -2.42. The van der Waals surface area contributed by atoms with Crippen LogP contribution < -0.4 is 5.32 Å². The van der Waals surface area contributed by atoms with Gasteiger partial charge < -0.3 is 10.4 Å². The first-order chi connectivity index (χ1) is 6.96. The summed E-state index contributed by atoms with van der Waals surface area (Å²) in [5.41, 5.74) is -0.580. The number of rotatable bonds is 4. The Morgan fingerprint density at radius 1 is 1.33 bits per heavy atom. The number of nitrogens with one attached hydrogen (secondary N) is 1. The van der Waals surface area contributed by atoms with Gasteiger partial charge in [0.05, 0.1) is 5.60 Å². The molecule has 0 unspecified atom stereocenters. The van der Waals surface area contributed by atoms with Crippen LogP contribution in [-0.2, 0) is 0 Å². The van der Waals surface area contributed by atoms with Crippen molar-refractivity contribution in [3.05, 3.63) is 0 Å². The maximum Gasteiger partial charge on any atom is 0.0718 e. The maximum atomic E-state index is 9.88. The van der Waals surface area contributed by atoms with E-state index < -0.39 is 5.60 Å². The number of nitrogens with zero attached hydrogens (tertiary/aromatic N) is 1. The van der Waals surface area contributed by atoms with Gasteiger partial charge in [-0.15, -0.1) is 0 Å². The normalized spacial score (nSPS) is 29.4. The van der Waals surface area contributed by atoms with E-state index in [4.69, 9.17) is 0 Å². The first-order valence-electron chi connectivity index (χ1n) is 6.16. The standard InChI is InChI=1S/C12H26N2O/c1-5-10-8-14(9-12(3,4)15)11(6-2)7-13-10/h10-11,13,15H,5-9H2,1-4H3/t10-,11-/m0/s1. The molecule has 1 aliphatic rings. The largest absolute Gasteiger partial charge is 0.389 e. The Hall–Kier alpha value is -0.120. The average Bonchev–Trinajstić information content (AvgIpc) is 2.15. The van der Waals surface area contributed by atoms with Crippen LogP contribution in [0.15, 0.2) is 0 Å². The van der Waals surface area contributed by atoms with Crippen molar-refractivity contribution in [1.82, 2.24) is 10.2 Å². The molecular formula is C12H26N2O. The van der Waals surface area contributed by atoms with Gasteiger partial charge in [-0.1, -0.05) is 13.8 Å². The Morgan fingerprint density at radius 3 is 2.47 bits per heavy atom. The summed E-state index contributed by atoms with van der Waals surface area (Å²) in [6, 6.07) is 1.18. The fourth-order valence-electron chi connectivity index (χ4n) is 2.30. The highest BCUT2D eigenvalue weighted by Gasteiger charge is 2.29. The Balaban J connectivity index is 2.55. The lowest BCUT2D eigenvalue weighted by atomic mass is 10.0. The molecule has 3 heteroatoms. The van der Waals surface area contributed by atoms with Gasteiger partial charge in [0.15, 0.2) is 0 Å². The monoisotopic (exact) mass is 214 g/mol. The van der Waals surface area contributed by atoms with Crippen LogP contribution in [0.1, 0.15) is 40.5 Å². The summed E-state index contributed by atoms with van der Waals surface area (Å²) in [6.45, 7) is 11.1. The van der Waals surface area contributed by atoms with Crippen LogP contribution in [0.25, 0.3) is 0 Å². The predicted octanol–water partition coefficient (Wildman–Crippen LogP) is 1.22.